The number of amides is 1. The second-order valence-electron chi connectivity index (χ2n) is 3.48. The molecule has 1 unspecified atom stereocenters. The van der Waals surface area contributed by atoms with Gasteiger partial charge in [0.15, 0.2) is 5.69 Å². The Kier molecular flexibility index (Phi) is 4.19. The first-order chi connectivity index (χ1) is 8.81. The van der Waals surface area contributed by atoms with E-state index in [0.29, 0.717) is 0 Å². The van der Waals surface area contributed by atoms with Crippen LogP contribution in [0.25, 0.3) is 0 Å². The van der Waals surface area contributed by atoms with E-state index in [4.69, 9.17) is 10.2 Å². The molecule has 0 fully saturated rings. The number of aromatic amines is 1. The summed E-state index contributed by atoms with van der Waals surface area (Å²) in [4.78, 5) is 44.5. The van der Waals surface area contributed by atoms with Gasteiger partial charge in [-0.3, -0.25) is 9.59 Å². The maximum atomic E-state index is 11.6. The fourth-order valence-corrected chi connectivity index (χ4v) is 1.23. The maximum absolute atomic E-state index is 11.6. The van der Waals surface area contributed by atoms with Crippen LogP contribution in [-0.4, -0.2) is 44.0 Å². The van der Waals surface area contributed by atoms with Crippen LogP contribution in [0.4, 0.5) is 5.82 Å². The van der Waals surface area contributed by atoms with Crippen molar-refractivity contribution in [3.63, 3.8) is 0 Å². The smallest absolute Gasteiger partial charge is 0.326 e. The number of H-pyrrole nitrogens is 1. The zero-order chi connectivity index (χ0) is 14.6. The summed E-state index contributed by atoms with van der Waals surface area (Å²) in [5, 5.41) is 29.5. The fourth-order valence-electron chi connectivity index (χ4n) is 1.23. The lowest BCUT2D eigenvalue weighted by molar-refractivity contribution is -0.389. The van der Waals surface area contributed by atoms with Crippen molar-refractivity contribution >= 4 is 23.7 Å². The Bertz CT molecular complexity index is 536. The molecule has 0 aliphatic rings. The molecule has 0 saturated heterocycles. The van der Waals surface area contributed by atoms with Gasteiger partial charge in [0.2, 0.25) is 0 Å². The summed E-state index contributed by atoms with van der Waals surface area (Å²) in [5.41, 5.74) is -0.233. The van der Waals surface area contributed by atoms with Crippen LogP contribution in [0.1, 0.15) is 16.9 Å². The summed E-state index contributed by atoms with van der Waals surface area (Å²) in [5.74, 6) is -4.29. The van der Waals surface area contributed by atoms with Crippen LogP contribution < -0.4 is 5.32 Å². The van der Waals surface area contributed by atoms with Crippen molar-refractivity contribution in [3.8, 4) is 0 Å². The highest BCUT2D eigenvalue weighted by Gasteiger charge is 2.25. The quantitative estimate of drug-likeness (QED) is 0.403. The van der Waals surface area contributed by atoms with E-state index in [1.54, 1.807) is 0 Å². The number of nitro groups is 1. The van der Waals surface area contributed by atoms with Gasteiger partial charge in [0, 0.05) is 6.07 Å². The number of hydrogen-bond donors (Lipinski definition) is 4. The van der Waals surface area contributed by atoms with Crippen LogP contribution in [-0.2, 0) is 9.59 Å². The summed E-state index contributed by atoms with van der Waals surface area (Å²) in [7, 11) is 0. The lowest BCUT2D eigenvalue weighted by Gasteiger charge is -2.10. The van der Waals surface area contributed by atoms with E-state index in [1.807, 2.05) is 5.32 Å². The molecule has 1 heterocycles. The van der Waals surface area contributed by atoms with Crippen molar-refractivity contribution in [1.82, 2.24) is 10.3 Å². The molecular weight excluding hydrogens is 262 g/mol. The Morgan fingerprint density at radius 3 is 2.42 bits per heavy atom. The van der Waals surface area contributed by atoms with E-state index in [9.17, 15) is 24.5 Å². The zero-order valence-corrected chi connectivity index (χ0v) is 9.32. The van der Waals surface area contributed by atoms with Gasteiger partial charge in [-0.1, -0.05) is 0 Å². The van der Waals surface area contributed by atoms with Gasteiger partial charge in [0.05, 0.1) is 6.42 Å². The highest BCUT2D eigenvalue weighted by molar-refractivity contribution is 5.96. The number of aromatic nitrogens is 1. The number of carboxylic acids is 2. The summed E-state index contributed by atoms with van der Waals surface area (Å²) in [6.07, 6.45) is -0.802. The molecule has 102 valence electrons. The van der Waals surface area contributed by atoms with Gasteiger partial charge in [-0.15, -0.1) is 0 Å². The van der Waals surface area contributed by atoms with E-state index >= 15 is 0 Å². The standard InChI is InChI=1S/C9H9N3O7/c13-7(14)3-5(9(16)17)11-8(15)4-1-2-6(10-4)12(18)19/h1-2,5,10H,3H2,(H,11,15)(H,13,14)(H,16,17). The molecule has 0 aromatic carbocycles. The third-order valence-corrected chi connectivity index (χ3v) is 2.09. The SMILES string of the molecule is O=C(O)CC(NC(=O)c1ccc([N+](=O)[O-])[nH]1)C(=O)O. The largest absolute Gasteiger partial charge is 0.481 e. The average molecular weight is 271 g/mol. The number of rotatable bonds is 6. The predicted octanol–water partition coefficient (Wildman–Crippen LogP) is -0.419. The summed E-state index contributed by atoms with van der Waals surface area (Å²) >= 11 is 0. The highest BCUT2D eigenvalue weighted by atomic mass is 16.6. The monoisotopic (exact) mass is 271 g/mol. The molecule has 1 rings (SSSR count). The van der Waals surface area contributed by atoms with Crippen LogP contribution in [0, 0.1) is 10.1 Å². The van der Waals surface area contributed by atoms with Gasteiger partial charge in [-0.05, 0) is 11.0 Å². The minimum absolute atomic E-state index is 0.233. The minimum atomic E-state index is -1.62. The Morgan fingerprint density at radius 1 is 1.37 bits per heavy atom. The number of nitrogens with one attached hydrogen (secondary N) is 2. The van der Waals surface area contributed by atoms with E-state index < -0.39 is 41.0 Å². The van der Waals surface area contributed by atoms with Crippen LogP contribution in [0.15, 0.2) is 12.1 Å². The number of carbonyl (C=O) groups excluding carboxylic acids is 1. The van der Waals surface area contributed by atoms with Crippen molar-refractivity contribution in [1.29, 1.82) is 0 Å². The van der Waals surface area contributed by atoms with Crippen molar-refractivity contribution in [2.75, 3.05) is 0 Å². The molecule has 1 amide bonds. The number of hydrogen-bond acceptors (Lipinski definition) is 5. The van der Waals surface area contributed by atoms with Gasteiger partial charge >= 0.3 is 17.8 Å². The molecule has 0 spiro atoms. The molecule has 19 heavy (non-hydrogen) atoms. The molecule has 0 saturated carbocycles. The third kappa shape index (κ3) is 3.80. The maximum Gasteiger partial charge on any atom is 0.326 e. The van der Waals surface area contributed by atoms with E-state index in [0.717, 1.165) is 12.1 Å². The first-order valence-corrected chi connectivity index (χ1v) is 4.90. The minimum Gasteiger partial charge on any atom is -0.481 e. The molecule has 0 radical (unpaired) electrons. The van der Waals surface area contributed by atoms with Crippen LogP contribution in [0.3, 0.4) is 0 Å². The molecule has 10 nitrogen and oxygen atoms in total. The van der Waals surface area contributed by atoms with Crippen molar-refractivity contribution < 1.29 is 29.5 Å². The van der Waals surface area contributed by atoms with Gasteiger partial charge in [-0.25, -0.2) is 9.78 Å². The topological polar surface area (TPSA) is 163 Å². The average Bonchev–Trinajstić information content (AvgIpc) is 2.76. The normalized spacial score (nSPS) is 11.6. The number of carbonyl (C=O) groups is 3. The molecule has 0 aliphatic heterocycles. The van der Waals surface area contributed by atoms with Crippen molar-refractivity contribution in [2.24, 2.45) is 0 Å². The summed E-state index contributed by atoms with van der Waals surface area (Å²) in [6, 6.07) is 0.502. The molecule has 1 aromatic rings. The lowest BCUT2D eigenvalue weighted by atomic mass is 10.2. The van der Waals surface area contributed by atoms with Gasteiger partial charge in [0.1, 0.15) is 6.04 Å². The zero-order valence-electron chi connectivity index (χ0n) is 9.32. The van der Waals surface area contributed by atoms with Crippen molar-refractivity contribution in [2.45, 2.75) is 12.5 Å². The summed E-state index contributed by atoms with van der Waals surface area (Å²) in [6.45, 7) is 0. The second kappa shape index (κ2) is 5.62. The molecule has 0 bridgehead atoms. The van der Waals surface area contributed by atoms with Gasteiger partial charge in [0.25, 0.3) is 5.91 Å². The predicted molar refractivity (Wildman–Crippen MR) is 58.6 cm³/mol. The number of nitrogens with zero attached hydrogens (tertiary/aromatic N) is 1. The van der Waals surface area contributed by atoms with Gasteiger partial charge in [-0.2, -0.15) is 0 Å². The summed E-state index contributed by atoms with van der Waals surface area (Å²) < 4.78 is 0. The molecule has 4 N–H and O–H groups in total. The molecule has 1 aromatic heterocycles. The van der Waals surface area contributed by atoms with Gasteiger partial charge < -0.3 is 25.6 Å². The fraction of sp³-hybridized carbons (Fsp3) is 0.222. The Balaban J connectivity index is 2.78. The molecule has 1 atom stereocenters. The molecule has 10 heteroatoms. The Morgan fingerprint density at radius 2 is 2.00 bits per heavy atom. The number of carboxylic acid groups (broad SMARTS) is 2. The second-order valence-corrected chi connectivity index (χ2v) is 3.48. The first-order valence-electron chi connectivity index (χ1n) is 4.90. The third-order valence-electron chi connectivity index (χ3n) is 2.09. The van der Waals surface area contributed by atoms with Crippen LogP contribution in [0.2, 0.25) is 0 Å². The number of aliphatic carboxylic acids is 2. The van der Waals surface area contributed by atoms with E-state index in [1.165, 1.54) is 0 Å². The molecule has 0 aliphatic carbocycles. The van der Waals surface area contributed by atoms with Crippen molar-refractivity contribution in [3.05, 3.63) is 27.9 Å². The Labute approximate surface area is 105 Å². The lowest BCUT2D eigenvalue weighted by Crippen LogP contribution is -2.42. The van der Waals surface area contributed by atoms with E-state index in [-0.39, 0.29) is 5.69 Å². The van der Waals surface area contributed by atoms with Crippen LogP contribution in [0.5, 0.6) is 0 Å². The van der Waals surface area contributed by atoms with Crippen LogP contribution >= 0.6 is 0 Å². The van der Waals surface area contributed by atoms with E-state index in [2.05, 4.69) is 4.98 Å². The molecular formula is C9H9N3O7. The first kappa shape index (κ1) is 14.2. The Hall–Kier alpha value is -2.91. The highest BCUT2D eigenvalue weighted by Crippen LogP contribution is 2.10.